The Balaban J connectivity index is 3.17. The van der Waals surface area contributed by atoms with Gasteiger partial charge in [0.05, 0.1) is 9.40 Å². The van der Waals surface area contributed by atoms with Crippen LogP contribution in [0.3, 0.4) is 0 Å². The first-order chi connectivity index (χ1) is 8.86. The summed E-state index contributed by atoms with van der Waals surface area (Å²) in [5.41, 5.74) is -0.608. The van der Waals surface area contributed by atoms with Crippen molar-refractivity contribution < 1.29 is 19.2 Å². The molecule has 0 aliphatic carbocycles. The second-order valence-electron chi connectivity index (χ2n) is 3.60. The predicted molar refractivity (Wildman–Crippen MR) is 70.6 cm³/mol. The van der Waals surface area contributed by atoms with Crippen molar-refractivity contribution in [2.24, 2.45) is 0 Å². The Hall–Kier alpha value is -1.96. The normalized spacial score (nSPS) is 11.7. The third-order valence-electron chi connectivity index (χ3n) is 2.27. The van der Waals surface area contributed by atoms with E-state index in [0.29, 0.717) is 0 Å². The van der Waals surface area contributed by atoms with Gasteiger partial charge in [-0.25, -0.2) is 9.18 Å². The number of carboxylic acid groups (broad SMARTS) is 1. The Morgan fingerprint density at radius 2 is 2.32 bits per heavy atom. The van der Waals surface area contributed by atoms with Crippen molar-refractivity contribution in [3.63, 3.8) is 0 Å². The first-order valence-corrected chi connectivity index (χ1v) is 5.89. The van der Waals surface area contributed by atoms with E-state index in [9.17, 15) is 19.3 Å². The molecule has 0 saturated carbocycles. The number of carboxylic acids is 1. The summed E-state index contributed by atoms with van der Waals surface area (Å²) in [6.45, 7) is 3.39. The van der Waals surface area contributed by atoms with Crippen molar-refractivity contribution in [2.45, 2.75) is 12.5 Å². The van der Waals surface area contributed by atoms with Crippen molar-refractivity contribution in [1.29, 1.82) is 0 Å². The van der Waals surface area contributed by atoms with Crippen molar-refractivity contribution in [1.82, 2.24) is 0 Å². The highest BCUT2D eigenvalue weighted by atomic mass is 79.9. The summed E-state index contributed by atoms with van der Waals surface area (Å²) in [5.74, 6) is -1.94. The molecule has 1 aromatic carbocycles. The Labute approximate surface area is 116 Å². The number of aliphatic carboxylic acids is 1. The maximum absolute atomic E-state index is 13.4. The molecule has 1 rings (SSSR count). The van der Waals surface area contributed by atoms with Gasteiger partial charge in [0.2, 0.25) is 0 Å². The number of rotatable bonds is 6. The Kier molecular flexibility index (Phi) is 4.99. The SMILES string of the molecule is C=CCC(Nc1cc(F)c(Br)cc1[N+](=O)[O-])C(=O)O. The number of halogens is 2. The van der Waals surface area contributed by atoms with Crippen LogP contribution < -0.4 is 5.32 Å². The highest BCUT2D eigenvalue weighted by Crippen LogP contribution is 2.31. The summed E-state index contributed by atoms with van der Waals surface area (Å²) < 4.78 is 13.3. The summed E-state index contributed by atoms with van der Waals surface area (Å²) in [7, 11) is 0. The molecular weight excluding hydrogens is 323 g/mol. The molecule has 0 fully saturated rings. The average molecular weight is 333 g/mol. The van der Waals surface area contributed by atoms with Gasteiger partial charge < -0.3 is 10.4 Å². The zero-order chi connectivity index (χ0) is 14.6. The highest BCUT2D eigenvalue weighted by Gasteiger charge is 2.23. The van der Waals surface area contributed by atoms with Gasteiger partial charge in [-0.05, 0) is 22.4 Å². The Morgan fingerprint density at radius 1 is 1.68 bits per heavy atom. The van der Waals surface area contributed by atoms with Crippen LogP contribution in [0, 0.1) is 15.9 Å². The van der Waals surface area contributed by atoms with E-state index in [2.05, 4.69) is 27.8 Å². The number of hydrogen-bond donors (Lipinski definition) is 2. The highest BCUT2D eigenvalue weighted by molar-refractivity contribution is 9.10. The van der Waals surface area contributed by atoms with Gasteiger partial charge in [0.15, 0.2) is 0 Å². The molecule has 1 unspecified atom stereocenters. The van der Waals surface area contributed by atoms with Crippen molar-refractivity contribution in [2.75, 3.05) is 5.32 Å². The standard InChI is InChI=1S/C11H10BrFN2O4/c1-2-3-8(11(16)17)14-9-5-7(13)6(12)4-10(9)15(18)19/h2,4-5,8,14H,1,3H2,(H,16,17). The van der Waals surface area contributed by atoms with E-state index in [-0.39, 0.29) is 16.6 Å². The molecule has 0 aromatic heterocycles. The lowest BCUT2D eigenvalue weighted by atomic mass is 10.1. The first-order valence-electron chi connectivity index (χ1n) is 5.10. The number of nitrogens with one attached hydrogen (secondary N) is 1. The average Bonchev–Trinajstić information content (AvgIpc) is 2.32. The zero-order valence-corrected chi connectivity index (χ0v) is 11.2. The van der Waals surface area contributed by atoms with Crippen LogP contribution in [0.1, 0.15) is 6.42 Å². The molecule has 2 N–H and O–H groups in total. The van der Waals surface area contributed by atoms with E-state index >= 15 is 0 Å². The summed E-state index contributed by atoms with van der Waals surface area (Å²) in [4.78, 5) is 21.1. The topological polar surface area (TPSA) is 92.5 Å². The van der Waals surface area contributed by atoms with Gasteiger partial charge in [0.1, 0.15) is 17.5 Å². The van der Waals surface area contributed by atoms with Crippen molar-refractivity contribution in [3.8, 4) is 0 Å². The quantitative estimate of drug-likeness (QED) is 0.474. The third kappa shape index (κ3) is 3.75. The van der Waals surface area contributed by atoms with Crippen LogP contribution >= 0.6 is 15.9 Å². The number of benzene rings is 1. The molecule has 102 valence electrons. The molecule has 19 heavy (non-hydrogen) atoms. The van der Waals surface area contributed by atoms with Crippen LogP contribution in [0.5, 0.6) is 0 Å². The molecule has 1 atom stereocenters. The van der Waals surface area contributed by atoms with Gasteiger partial charge >= 0.3 is 5.97 Å². The monoisotopic (exact) mass is 332 g/mol. The Morgan fingerprint density at radius 3 is 2.79 bits per heavy atom. The van der Waals surface area contributed by atoms with E-state index in [1.807, 2.05) is 0 Å². The van der Waals surface area contributed by atoms with Crippen molar-refractivity contribution in [3.05, 3.63) is 45.2 Å². The fraction of sp³-hybridized carbons (Fsp3) is 0.182. The van der Waals surface area contributed by atoms with Crippen LogP contribution in [0.2, 0.25) is 0 Å². The van der Waals surface area contributed by atoms with Crippen LogP contribution in [0.15, 0.2) is 29.3 Å². The summed E-state index contributed by atoms with van der Waals surface area (Å²) in [5, 5.41) is 22.2. The van der Waals surface area contributed by atoms with Crippen LogP contribution in [-0.2, 0) is 4.79 Å². The van der Waals surface area contributed by atoms with E-state index in [1.165, 1.54) is 6.08 Å². The Bertz CT molecular complexity index is 536. The lowest BCUT2D eigenvalue weighted by Gasteiger charge is -2.14. The van der Waals surface area contributed by atoms with Crippen LogP contribution in [-0.4, -0.2) is 22.0 Å². The molecule has 8 heteroatoms. The minimum atomic E-state index is -1.21. The zero-order valence-electron chi connectivity index (χ0n) is 9.60. The van der Waals surface area contributed by atoms with Gasteiger partial charge in [-0.3, -0.25) is 10.1 Å². The summed E-state index contributed by atoms with van der Waals surface area (Å²) in [6, 6.07) is 0.739. The molecule has 0 spiro atoms. The number of hydrogen-bond acceptors (Lipinski definition) is 4. The van der Waals surface area contributed by atoms with Crippen molar-refractivity contribution >= 4 is 33.3 Å². The van der Waals surface area contributed by atoms with Crippen LogP contribution in [0.4, 0.5) is 15.8 Å². The van der Waals surface area contributed by atoms with E-state index in [0.717, 1.165) is 12.1 Å². The summed E-state index contributed by atoms with van der Waals surface area (Å²) in [6.07, 6.45) is 1.40. The molecule has 6 nitrogen and oxygen atoms in total. The molecule has 1 aromatic rings. The maximum atomic E-state index is 13.4. The lowest BCUT2D eigenvalue weighted by molar-refractivity contribution is -0.384. The van der Waals surface area contributed by atoms with E-state index < -0.39 is 28.4 Å². The van der Waals surface area contributed by atoms with Crippen LogP contribution in [0.25, 0.3) is 0 Å². The number of nitro benzene ring substituents is 1. The van der Waals surface area contributed by atoms with Gasteiger partial charge in [-0.15, -0.1) is 6.58 Å². The fourth-order valence-electron chi connectivity index (χ4n) is 1.38. The molecule has 0 amide bonds. The molecule has 0 heterocycles. The second-order valence-corrected chi connectivity index (χ2v) is 4.45. The van der Waals surface area contributed by atoms with Gasteiger partial charge in [-0.1, -0.05) is 6.08 Å². The van der Waals surface area contributed by atoms with Gasteiger partial charge in [0.25, 0.3) is 5.69 Å². The molecule has 0 saturated heterocycles. The number of nitro groups is 1. The summed E-state index contributed by atoms with van der Waals surface area (Å²) >= 11 is 2.83. The molecule has 0 bridgehead atoms. The minimum Gasteiger partial charge on any atom is -0.480 e. The largest absolute Gasteiger partial charge is 0.480 e. The molecule has 0 aliphatic heterocycles. The molecule has 0 aliphatic rings. The van der Waals surface area contributed by atoms with E-state index in [1.54, 1.807) is 0 Å². The number of nitrogens with zero attached hydrogens (tertiary/aromatic N) is 1. The maximum Gasteiger partial charge on any atom is 0.326 e. The smallest absolute Gasteiger partial charge is 0.326 e. The van der Waals surface area contributed by atoms with Gasteiger partial charge in [-0.2, -0.15) is 0 Å². The predicted octanol–water partition coefficient (Wildman–Crippen LogP) is 2.94. The molecular formula is C11H10BrFN2O4. The third-order valence-corrected chi connectivity index (χ3v) is 2.87. The second kappa shape index (κ2) is 6.28. The number of carbonyl (C=O) groups is 1. The minimum absolute atomic E-state index is 0.0458. The van der Waals surface area contributed by atoms with Gasteiger partial charge in [0, 0.05) is 12.1 Å². The lowest BCUT2D eigenvalue weighted by Crippen LogP contribution is -2.28. The fourth-order valence-corrected chi connectivity index (χ4v) is 1.71. The first kappa shape index (κ1) is 15.1. The molecule has 0 radical (unpaired) electrons. The number of anilines is 1. The van der Waals surface area contributed by atoms with E-state index in [4.69, 9.17) is 5.11 Å².